The number of hydrogen-bond donors (Lipinski definition) is 2. The first kappa shape index (κ1) is 17.5. The van der Waals surface area contributed by atoms with E-state index in [2.05, 4.69) is 20.3 Å². The van der Waals surface area contributed by atoms with Crippen molar-refractivity contribution < 1.29 is 14.7 Å². The first-order valence-electron chi connectivity index (χ1n) is 8.64. The Hall–Kier alpha value is -3.95. The number of nitrogens with one attached hydrogen (secondary N) is 1. The second-order valence-corrected chi connectivity index (χ2v) is 6.05. The highest BCUT2D eigenvalue weighted by molar-refractivity contribution is 6.04. The highest BCUT2D eigenvalue weighted by atomic mass is 16.4. The first-order valence-corrected chi connectivity index (χ1v) is 8.64. The van der Waals surface area contributed by atoms with Crippen molar-refractivity contribution in [1.29, 1.82) is 0 Å². The van der Waals surface area contributed by atoms with Crippen LogP contribution in [0.4, 0.5) is 16.3 Å². The lowest BCUT2D eigenvalue weighted by Crippen LogP contribution is -2.62. The van der Waals surface area contributed by atoms with Crippen molar-refractivity contribution in [2.45, 2.75) is 19.4 Å². The van der Waals surface area contributed by atoms with Gasteiger partial charge in [-0.3, -0.25) is 4.79 Å². The van der Waals surface area contributed by atoms with Gasteiger partial charge in [-0.15, -0.1) is 5.12 Å². The van der Waals surface area contributed by atoms with Crippen LogP contribution in [0.2, 0.25) is 0 Å². The number of fused-ring (bicyclic) bond motifs is 1. The minimum atomic E-state index is -1.28. The van der Waals surface area contributed by atoms with E-state index in [1.54, 1.807) is 6.92 Å². The lowest BCUT2D eigenvalue weighted by Gasteiger charge is -2.41. The molecule has 0 aliphatic carbocycles. The Labute approximate surface area is 160 Å². The zero-order chi connectivity index (χ0) is 19.7. The standard InChI is InChI=1S/C18H17N7O3/c1-2-14-17(26)22-13-10-19-11-21-16(13)24(14)25(18(27)28)23-9-8-20-15(23)12-6-4-3-5-7-12/h3-11,14H,2H2,1H3,(H,22,26)(H,27,28). The average Bonchev–Trinajstić information content (AvgIpc) is 3.18. The molecule has 1 aliphatic rings. The Morgan fingerprint density at radius 2 is 2.07 bits per heavy atom. The Kier molecular flexibility index (Phi) is 4.36. The third-order valence-electron chi connectivity index (χ3n) is 4.38. The van der Waals surface area contributed by atoms with Gasteiger partial charge in [-0.05, 0) is 6.42 Å². The number of carbonyl (C=O) groups excluding carboxylic acids is 1. The van der Waals surface area contributed by atoms with Crippen molar-refractivity contribution in [2.24, 2.45) is 0 Å². The van der Waals surface area contributed by atoms with Gasteiger partial charge >= 0.3 is 6.09 Å². The summed E-state index contributed by atoms with van der Waals surface area (Å²) in [6.07, 6.45) is 4.86. The van der Waals surface area contributed by atoms with Gasteiger partial charge in [0.05, 0.1) is 6.20 Å². The molecule has 2 N–H and O–H groups in total. The van der Waals surface area contributed by atoms with Crippen LogP contribution in [0.1, 0.15) is 13.3 Å². The van der Waals surface area contributed by atoms with E-state index in [0.717, 1.165) is 10.7 Å². The minimum Gasteiger partial charge on any atom is -0.462 e. The summed E-state index contributed by atoms with van der Waals surface area (Å²) in [4.78, 5) is 37.3. The van der Waals surface area contributed by atoms with Crippen LogP contribution < -0.4 is 15.4 Å². The zero-order valence-electron chi connectivity index (χ0n) is 14.9. The van der Waals surface area contributed by atoms with Gasteiger partial charge < -0.3 is 10.4 Å². The predicted molar refractivity (Wildman–Crippen MR) is 101 cm³/mol. The van der Waals surface area contributed by atoms with Crippen molar-refractivity contribution in [3.8, 4) is 11.4 Å². The average molecular weight is 379 g/mol. The molecule has 3 aromatic rings. The lowest BCUT2D eigenvalue weighted by atomic mass is 10.1. The molecule has 0 fully saturated rings. The van der Waals surface area contributed by atoms with Crippen LogP contribution in [-0.4, -0.2) is 42.8 Å². The molecule has 0 radical (unpaired) electrons. The van der Waals surface area contributed by atoms with Crippen molar-refractivity contribution in [3.05, 3.63) is 55.2 Å². The van der Waals surface area contributed by atoms with Gasteiger partial charge in [-0.25, -0.2) is 29.4 Å². The molecule has 10 heteroatoms. The smallest absolute Gasteiger partial charge is 0.446 e. The van der Waals surface area contributed by atoms with Crippen LogP contribution >= 0.6 is 0 Å². The summed E-state index contributed by atoms with van der Waals surface area (Å²) in [5.74, 6) is 0.369. The first-order chi connectivity index (χ1) is 13.6. The van der Waals surface area contributed by atoms with Crippen molar-refractivity contribution in [1.82, 2.24) is 19.6 Å². The summed E-state index contributed by atoms with van der Waals surface area (Å²) in [5, 5.41) is 15.1. The fourth-order valence-electron chi connectivity index (χ4n) is 3.18. The normalized spacial score (nSPS) is 15.7. The number of imidazole rings is 1. The topological polar surface area (TPSA) is 116 Å². The summed E-state index contributed by atoms with van der Waals surface area (Å²) >= 11 is 0. The number of carboxylic acid groups (broad SMARTS) is 1. The van der Waals surface area contributed by atoms with E-state index in [1.165, 1.54) is 34.6 Å². The Bertz CT molecular complexity index is 1020. The number of aromatic nitrogens is 4. The van der Waals surface area contributed by atoms with Gasteiger partial charge in [-0.1, -0.05) is 37.3 Å². The fourth-order valence-corrected chi connectivity index (χ4v) is 3.18. The number of benzene rings is 1. The molecule has 0 spiro atoms. The molecule has 2 amide bonds. The zero-order valence-corrected chi connectivity index (χ0v) is 14.9. The quantitative estimate of drug-likeness (QED) is 0.713. The number of nitrogens with zero attached hydrogens (tertiary/aromatic N) is 6. The molecule has 0 saturated heterocycles. The molecule has 0 bridgehead atoms. The highest BCUT2D eigenvalue weighted by Gasteiger charge is 2.40. The number of hydrazine groups is 1. The number of hydrogen-bond acceptors (Lipinski definition) is 6. The maximum absolute atomic E-state index is 12.6. The Morgan fingerprint density at radius 3 is 2.79 bits per heavy atom. The number of anilines is 2. The van der Waals surface area contributed by atoms with Crippen LogP contribution in [-0.2, 0) is 4.79 Å². The molecule has 28 heavy (non-hydrogen) atoms. The summed E-state index contributed by atoms with van der Waals surface area (Å²) in [6.45, 7) is 1.80. The maximum Gasteiger partial charge on any atom is 0.446 e. The predicted octanol–water partition coefficient (Wildman–Crippen LogP) is 2.11. The molecule has 1 aliphatic heterocycles. The van der Waals surface area contributed by atoms with Crippen LogP contribution in [0, 0.1) is 0 Å². The number of rotatable bonds is 4. The van der Waals surface area contributed by atoms with Crippen LogP contribution in [0.25, 0.3) is 11.4 Å². The van der Waals surface area contributed by atoms with E-state index in [-0.39, 0.29) is 11.7 Å². The third-order valence-corrected chi connectivity index (χ3v) is 4.38. The van der Waals surface area contributed by atoms with Gasteiger partial charge in [0, 0.05) is 18.0 Å². The molecule has 10 nitrogen and oxygen atoms in total. The van der Waals surface area contributed by atoms with Crippen molar-refractivity contribution >= 4 is 23.5 Å². The molecule has 3 heterocycles. The Morgan fingerprint density at radius 1 is 1.29 bits per heavy atom. The van der Waals surface area contributed by atoms with Gasteiger partial charge in [0.15, 0.2) is 11.6 Å². The van der Waals surface area contributed by atoms with Crippen LogP contribution in [0.3, 0.4) is 0 Å². The summed E-state index contributed by atoms with van der Waals surface area (Å²) in [6, 6.07) is 8.42. The summed E-state index contributed by atoms with van der Waals surface area (Å²) in [7, 11) is 0. The molecule has 1 aromatic carbocycles. The van der Waals surface area contributed by atoms with Gasteiger partial charge in [0.25, 0.3) is 0 Å². The SMILES string of the molecule is CCC1C(=O)Nc2cncnc2N1N(C(=O)O)n1ccnc1-c1ccccc1. The van der Waals surface area contributed by atoms with E-state index in [0.29, 0.717) is 17.9 Å². The number of amides is 2. The maximum atomic E-state index is 12.6. The van der Waals surface area contributed by atoms with Crippen molar-refractivity contribution in [3.63, 3.8) is 0 Å². The second-order valence-electron chi connectivity index (χ2n) is 6.05. The monoisotopic (exact) mass is 379 g/mol. The van der Waals surface area contributed by atoms with Gasteiger partial charge in [-0.2, -0.15) is 0 Å². The van der Waals surface area contributed by atoms with Crippen LogP contribution in [0.5, 0.6) is 0 Å². The molecule has 0 saturated carbocycles. The molecular formula is C18H17N7O3. The number of carbonyl (C=O) groups is 2. The molecule has 1 atom stereocenters. The van der Waals surface area contributed by atoms with E-state index < -0.39 is 12.1 Å². The molecular weight excluding hydrogens is 362 g/mol. The second kappa shape index (κ2) is 6.99. The van der Waals surface area contributed by atoms with Crippen molar-refractivity contribution in [2.75, 3.05) is 15.4 Å². The Balaban J connectivity index is 1.89. The van der Waals surface area contributed by atoms with Gasteiger partial charge in [0.2, 0.25) is 5.91 Å². The molecule has 2 aromatic heterocycles. The largest absolute Gasteiger partial charge is 0.462 e. The van der Waals surface area contributed by atoms with E-state index in [4.69, 9.17) is 0 Å². The van der Waals surface area contributed by atoms with E-state index >= 15 is 0 Å². The molecule has 142 valence electrons. The highest BCUT2D eigenvalue weighted by Crippen LogP contribution is 2.32. The van der Waals surface area contributed by atoms with Crippen LogP contribution in [0.15, 0.2) is 55.2 Å². The third kappa shape index (κ3) is 2.80. The van der Waals surface area contributed by atoms with E-state index in [1.807, 2.05) is 30.3 Å². The summed E-state index contributed by atoms with van der Waals surface area (Å²) in [5.41, 5.74) is 1.07. The summed E-state index contributed by atoms with van der Waals surface area (Å²) < 4.78 is 1.38. The molecule has 4 rings (SSSR count). The minimum absolute atomic E-state index is 0.288. The lowest BCUT2D eigenvalue weighted by molar-refractivity contribution is -0.117. The fraction of sp³-hybridized carbons (Fsp3) is 0.167. The van der Waals surface area contributed by atoms with E-state index in [9.17, 15) is 14.7 Å². The molecule has 1 unspecified atom stereocenters. The van der Waals surface area contributed by atoms with Gasteiger partial charge in [0.1, 0.15) is 18.1 Å².